The van der Waals surface area contributed by atoms with Crippen LogP contribution in [-0.4, -0.2) is 27.5 Å². The Kier molecular flexibility index (Phi) is 5.22. The van der Waals surface area contributed by atoms with Crippen molar-refractivity contribution in [2.45, 2.75) is 24.2 Å². The fraction of sp³-hybridized carbons (Fsp3) is 0.208. The van der Waals surface area contributed by atoms with Crippen LogP contribution in [0.3, 0.4) is 0 Å². The van der Waals surface area contributed by atoms with E-state index >= 15 is 0 Å². The zero-order valence-electron chi connectivity index (χ0n) is 17.3. The Bertz CT molecular complexity index is 1300. The fourth-order valence-electron chi connectivity index (χ4n) is 3.98. The van der Waals surface area contributed by atoms with Crippen LogP contribution in [0.1, 0.15) is 27.9 Å². The Morgan fingerprint density at radius 1 is 0.812 bits per heavy atom. The van der Waals surface area contributed by atoms with Crippen LogP contribution < -0.4 is 19.5 Å². The summed E-state index contributed by atoms with van der Waals surface area (Å²) in [4.78, 5) is 12.8. The highest BCUT2D eigenvalue weighted by Crippen LogP contribution is 2.33. The summed E-state index contributed by atoms with van der Waals surface area (Å²) in [5, 5.41) is 2.90. The third kappa shape index (κ3) is 4.13. The topological polar surface area (TPSA) is 93.7 Å². The van der Waals surface area contributed by atoms with Crippen molar-refractivity contribution in [1.82, 2.24) is 0 Å². The Hall–Kier alpha value is -3.52. The van der Waals surface area contributed by atoms with E-state index in [1.165, 1.54) is 29.3 Å². The lowest BCUT2D eigenvalue weighted by molar-refractivity contribution is 0.102. The number of anilines is 2. The highest BCUT2D eigenvalue weighted by atomic mass is 32.2. The van der Waals surface area contributed by atoms with Crippen LogP contribution >= 0.6 is 0 Å². The Balaban J connectivity index is 1.33. The quantitative estimate of drug-likeness (QED) is 0.613. The number of aryl methyl sites for hydroxylation is 2. The Morgan fingerprint density at radius 2 is 1.62 bits per heavy atom. The van der Waals surface area contributed by atoms with Gasteiger partial charge in [-0.3, -0.25) is 9.52 Å². The maximum Gasteiger partial charge on any atom is 0.262 e. The molecule has 1 aliphatic heterocycles. The highest BCUT2D eigenvalue weighted by molar-refractivity contribution is 7.92. The van der Waals surface area contributed by atoms with Crippen molar-refractivity contribution < 1.29 is 22.7 Å². The number of carbonyl (C=O) groups is 1. The summed E-state index contributed by atoms with van der Waals surface area (Å²) in [7, 11) is -3.87. The molecule has 32 heavy (non-hydrogen) atoms. The van der Waals surface area contributed by atoms with Crippen molar-refractivity contribution in [3.63, 3.8) is 0 Å². The standard InChI is InChI=1S/C24H22N2O5S/c27-24(25-19-8-7-16-3-1-4-17(16)13-19)18-5-2-6-20(14-18)26-32(28,29)21-9-10-22-23(15-21)31-12-11-30-22/h2,5-10,13-15,26H,1,3-4,11-12H2,(H,25,27). The third-order valence-corrected chi connectivity index (χ3v) is 6.94. The smallest absolute Gasteiger partial charge is 0.262 e. The molecule has 2 N–H and O–H groups in total. The molecule has 0 saturated carbocycles. The molecule has 5 rings (SSSR count). The molecular weight excluding hydrogens is 428 g/mol. The van der Waals surface area contributed by atoms with E-state index in [1.807, 2.05) is 12.1 Å². The number of ether oxygens (including phenoxy) is 2. The minimum absolute atomic E-state index is 0.0507. The van der Waals surface area contributed by atoms with Crippen LogP contribution in [0, 0.1) is 0 Å². The van der Waals surface area contributed by atoms with E-state index in [9.17, 15) is 13.2 Å². The number of amides is 1. The van der Waals surface area contributed by atoms with E-state index in [-0.39, 0.29) is 10.8 Å². The first-order valence-corrected chi connectivity index (χ1v) is 11.9. The fourth-order valence-corrected chi connectivity index (χ4v) is 5.05. The van der Waals surface area contributed by atoms with Crippen molar-refractivity contribution in [2.75, 3.05) is 23.3 Å². The van der Waals surface area contributed by atoms with Gasteiger partial charge in [0.15, 0.2) is 11.5 Å². The minimum Gasteiger partial charge on any atom is -0.486 e. The van der Waals surface area contributed by atoms with Crippen LogP contribution in [0.2, 0.25) is 0 Å². The van der Waals surface area contributed by atoms with Crippen LogP contribution in [0.5, 0.6) is 11.5 Å². The molecule has 8 heteroatoms. The molecule has 3 aromatic rings. The van der Waals surface area contributed by atoms with E-state index in [1.54, 1.807) is 24.3 Å². The van der Waals surface area contributed by atoms with Gasteiger partial charge in [-0.15, -0.1) is 0 Å². The maximum atomic E-state index is 12.9. The van der Waals surface area contributed by atoms with Gasteiger partial charge in [0, 0.05) is 23.0 Å². The Labute approximate surface area is 186 Å². The van der Waals surface area contributed by atoms with Crippen molar-refractivity contribution in [1.29, 1.82) is 0 Å². The number of carbonyl (C=O) groups excluding carboxylic acids is 1. The van der Waals surface area contributed by atoms with E-state index < -0.39 is 10.0 Å². The van der Waals surface area contributed by atoms with E-state index in [0.717, 1.165) is 24.9 Å². The Morgan fingerprint density at radius 3 is 2.50 bits per heavy atom. The molecule has 0 aromatic heterocycles. The van der Waals surface area contributed by atoms with Gasteiger partial charge in [-0.25, -0.2) is 8.42 Å². The van der Waals surface area contributed by atoms with Gasteiger partial charge < -0.3 is 14.8 Å². The van der Waals surface area contributed by atoms with Gasteiger partial charge in [0.05, 0.1) is 4.90 Å². The molecule has 0 saturated heterocycles. The lowest BCUT2D eigenvalue weighted by Gasteiger charge is -2.19. The lowest BCUT2D eigenvalue weighted by atomic mass is 10.1. The number of nitrogens with one attached hydrogen (secondary N) is 2. The molecule has 1 heterocycles. The monoisotopic (exact) mass is 450 g/mol. The molecule has 2 aliphatic rings. The molecule has 1 aliphatic carbocycles. The van der Waals surface area contributed by atoms with Gasteiger partial charge in [0.1, 0.15) is 13.2 Å². The first-order valence-electron chi connectivity index (χ1n) is 10.4. The van der Waals surface area contributed by atoms with E-state index in [4.69, 9.17) is 9.47 Å². The molecule has 3 aromatic carbocycles. The van der Waals surface area contributed by atoms with Gasteiger partial charge in [0.25, 0.3) is 15.9 Å². The van der Waals surface area contributed by atoms with Crippen LogP contribution in [0.25, 0.3) is 0 Å². The average Bonchev–Trinajstić information content (AvgIpc) is 3.26. The first-order chi connectivity index (χ1) is 15.5. The number of benzene rings is 3. The van der Waals surface area contributed by atoms with Gasteiger partial charge in [-0.2, -0.15) is 0 Å². The number of hydrogen-bond acceptors (Lipinski definition) is 5. The minimum atomic E-state index is -3.87. The van der Waals surface area contributed by atoms with E-state index in [0.29, 0.717) is 36.0 Å². The molecule has 0 bridgehead atoms. The second-order valence-electron chi connectivity index (χ2n) is 7.78. The van der Waals surface area contributed by atoms with Crippen molar-refractivity contribution in [3.05, 3.63) is 77.4 Å². The molecule has 0 unspecified atom stereocenters. The van der Waals surface area contributed by atoms with Crippen molar-refractivity contribution in [3.8, 4) is 11.5 Å². The molecule has 0 fully saturated rings. The molecule has 0 spiro atoms. The van der Waals surface area contributed by atoms with Crippen LogP contribution in [0.4, 0.5) is 11.4 Å². The van der Waals surface area contributed by atoms with Crippen molar-refractivity contribution >= 4 is 27.3 Å². The summed E-state index contributed by atoms with van der Waals surface area (Å²) in [6.45, 7) is 0.795. The number of sulfonamides is 1. The predicted molar refractivity (Wildman–Crippen MR) is 121 cm³/mol. The number of rotatable bonds is 5. The molecular formula is C24H22N2O5S. The van der Waals surface area contributed by atoms with Crippen LogP contribution in [-0.2, 0) is 22.9 Å². The summed E-state index contributed by atoms with van der Waals surface area (Å²) >= 11 is 0. The SMILES string of the molecule is O=C(Nc1ccc2c(c1)CCC2)c1cccc(NS(=O)(=O)c2ccc3c(c2)OCCO3)c1. The second-order valence-corrected chi connectivity index (χ2v) is 9.47. The zero-order chi connectivity index (χ0) is 22.1. The maximum absolute atomic E-state index is 12.9. The summed E-state index contributed by atoms with van der Waals surface area (Å²) in [6.07, 6.45) is 3.24. The molecule has 0 atom stereocenters. The van der Waals surface area contributed by atoms with Crippen LogP contribution in [0.15, 0.2) is 65.6 Å². The lowest BCUT2D eigenvalue weighted by Crippen LogP contribution is -2.17. The molecule has 164 valence electrons. The van der Waals surface area contributed by atoms with Gasteiger partial charge in [-0.1, -0.05) is 12.1 Å². The predicted octanol–water partition coefficient (Wildman–Crippen LogP) is 4.00. The molecule has 7 nitrogen and oxygen atoms in total. The highest BCUT2D eigenvalue weighted by Gasteiger charge is 2.20. The van der Waals surface area contributed by atoms with E-state index in [2.05, 4.69) is 16.1 Å². The number of hydrogen-bond donors (Lipinski definition) is 2. The normalized spacial score (nSPS) is 14.5. The van der Waals surface area contributed by atoms with Gasteiger partial charge in [0.2, 0.25) is 0 Å². The van der Waals surface area contributed by atoms with Gasteiger partial charge >= 0.3 is 0 Å². The number of fused-ring (bicyclic) bond motifs is 2. The molecule has 0 radical (unpaired) electrons. The van der Waals surface area contributed by atoms with Gasteiger partial charge in [-0.05, 0) is 72.9 Å². The van der Waals surface area contributed by atoms with Crippen molar-refractivity contribution in [2.24, 2.45) is 0 Å². The second kappa shape index (κ2) is 8.20. The average molecular weight is 451 g/mol. The summed E-state index contributed by atoms with van der Waals surface area (Å²) in [5.41, 5.74) is 3.98. The summed E-state index contributed by atoms with van der Waals surface area (Å²) in [5.74, 6) is 0.602. The zero-order valence-corrected chi connectivity index (χ0v) is 18.1. The summed E-state index contributed by atoms with van der Waals surface area (Å²) in [6, 6.07) is 16.8. The third-order valence-electron chi connectivity index (χ3n) is 5.56. The molecule has 1 amide bonds. The summed E-state index contributed by atoms with van der Waals surface area (Å²) < 4.78 is 39.2. The first kappa shape index (κ1) is 20.4. The largest absolute Gasteiger partial charge is 0.486 e.